The fourth-order valence-corrected chi connectivity index (χ4v) is 7.14. The number of carbonyl (C=O) groups excluding carboxylic acids is 1. The third kappa shape index (κ3) is 4.06. The van der Waals surface area contributed by atoms with Crippen LogP contribution in [0.15, 0.2) is 23.1 Å². The lowest BCUT2D eigenvalue weighted by Gasteiger charge is -2.27. The molecule has 0 N–H and O–H groups in total. The molecule has 160 valence electrons. The molecular formula is C20H28FN3O3S2. The topological polar surface area (TPSA) is 60.9 Å². The Kier molecular flexibility index (Phi) is 6.20. The van der Waals surface area contributed by atoms with Crippen LogP contribution in [0.4, 0.5) is 4.39 Å². The molecule has 1 amide bonds. The molecule has 3 aliphatic rings. The highest BCUT2D eigenvalue weighted by Gasteiger charge is 2.42. The molecule has 1 aromatic carbocycles. The van der Waals surface area contributed by atoms with Crippen LogP contribution in [0.5, 0.6) is 0 Å². The number of rotatable bonds is 5. The van der Waals surface area contributed by atoms with Gasteiger partial charge in [-0.25, -0.2) is 12.8 Å². The Morgan fingerprint density at radius 1 is 1.07 bits per heavy atom. The molecule has 3 aliphatic heterocycles. The molecule has 0 aliphatic carbocycles. The molecule has 29 heavy (non-hydrogen) atoms. The van der Waals surface area contributed by atoms with Gasteiger partial charge in [0.15, 0.2) is 0 Å². The molecule has 0 bridgehead atoms. The highest BCUT2D eigenvalue weighted by Crippen LogP contribution is 2.32. The maximum Gasteiger partial charge on any atom is 0.256 e. The van der Waals surface area contributed by atoms with Crippen molar-refractivity contribution in [2.75, 3.05) is 45.5 Å². The van der Waals surface area contributed by atoms with Crippen molar-refractivity contribution in [3.05, 3.63) is 29.6 Å². The molecule has 2 atom stereocenters. The molecular weight excluding hydrogens is 413 g/mol. The standard InChI is InChI=1S/C20H28FN3O3S2/c1-28-19-14-24(13-18(19)22-8-2-3-9-22)29(26,27)15-6-7-16(17(21)12-15)20(25)23-10-4-5-11-23/h6-7,12,18-19H,2-5,8-11,13-14H2,1H3/t18-,19-/m0/s1. The summed E-state index contributed by atoms with van der Waals surface area (Å²) in [6, 6.07) is 3.90. The smallest absolute Gasteiger partial charge is 0.256 e. The summed E-state index contributed by atoms with van der Waals surface area (Å²) >= 11 is 1.69. The highest BCUT2D eigenvalue weighted by atomic mass is 32.2. The first kappa shape index (κ1) is 21.1. The van der Waals surface area contributed by atoms with Crippen molar-refractivity contribution in [2.24, 2.45) is 0 Å². The number of benzene rings is 1. The summed E-state index contributed by atoms with van der Waals surface area (Å²) in [4.78, 5) is 16.4. The quantitative estimate of drug-likeness (QED) is 0.702. The lowest BCUT2D eigenvalue weighted by atomic mass is 10.2. The van der Waals surface area contributed by atoms with Crippen molar-refractivity contribution in [1.82, 2.24) is 14.1 Å². The molecule has 0 radical (unpaired) electrons. The maximum absolute atomic E-state index is 14.7. The molecule has 0 unspecified atom stereocenters. The zero-order chi connectivity index (χ0) is 20.6. The summed E-state index contributed by atoms with van der Waals surface area (Å²) in [6.07, 6.45) is 6.17. The average molecular weight is 442 g/mol. The predicted octanol–water partition coefficient (Wildman–Crippen LogP) is 2.26. The highest BCUT2D eigenvalue weighted by molar-refractivity contribution is 7.99. The van der Waals surface area contributed by atoms with Crippen LogP contribution in [-0.4, -0.2) is 85.2 Å². The maximum atomic E-state index is 14.7. The Morgan fingerprint density at radius 3 is 2.34 bits per heavy atom. The van der Waals surface area contributed by atoms with Crippen molar-refractivity contribution in [2.45, 2.75) is 41.9 Å². The SMILES string of the molecule is CS[C@H]1CN(S(=O)(=O)c2ccc(C(=O)N3CCCC3)c(F)c2)C[C@@H]1N1CCCC1. The summed E-state index contributed by atoms with van der Waals surface area (Å²) in [5, 5.41) is 0.212. The van der Waals surface area contributed by atoms with Gasteiger partial charge in [-0.15, -0.1) is 0 Å². The second kappa shape index (κ2) is 8.53. The summed E-state index contributed by atoms with van der Waals surface area (Å²) < 4.78 is 42.5. The molecule has 3 heterocycles. The fraction of sp³-hybridized carbons (Fsp3) is 0.650. The van der Waals surface area contributed by atoms with Crippen LogP contribution in [0, 0.1) is 5.82 Å². The van der Waals surface area contributed by atoms with E-state index in [1.807, 2.05) is 6.26 Å². The predicted molar refractivity (Wildman–Crippen MR) is 112 cm³/mol. The lowest BCUT2D eigenvalue weighted by Crippen LogP contribution is -2.40. The second-order valence-corrected chi connectivity index (χ2v) is 11.1. The van der Waals surface area contributed by atoms with Gasteiger partial charge in [0.25, 0.3) is 5.91 Å². The average Bonchev–Trinajstić information content (AvgIpc) is 3.48. The first-order valence-corrected chi connectivity index (χ1v) is 13.0. The minimum absolute atomic E-state index is 0.0517. The van der Waals surface area contributed by atoms with E-state index in [0.29, 0.717) is 26.2 Å². The number of amides is 1. The number of carbonyl (C=O) groups is 1. The van der Waals surface area contributed by atoms with E-state index in [-0.39, 0.29) is 27.7 Å². The van der Waals surface area contributed by atoms with Gasteiger partial charge in [-0.2, -0.15) is 16.1 Å². The van der Waals surface area contributed by atoms with Crippen LogP contribution in [0.2, 0.25) is 0 Å². The van der Waals surface area contributed by atoms with E-state index in [4.69, 9.17) is 0 Å². The van der Waals surface area contributed by atoms with Crippen molar-refractivity contribution in [3.8, 4) is 0 Å². The van der Waals surface area contributed by atoms with E-state index >= 15 is 0 Å². The summed E-state index contributed by atoms with van der Waals surface area (Å²) in [7, 11) is -3.80. The number of thioether (sulfide) groups is 1. The monoisotopic (exact) mass is 441 g/mol. The van der Waals surface area contributed by atoms with Gasteiger partial charge < -0.3 is 4.90 Å². The summed E-state index contributed by atoms with van der Waals surface area (Å²) in [5.74, 6) is -1.12. The second-order valence-electron chi connectivity index (χ2n) is 8.05. The zero-order valence-electron chi connectivity index (χ0n) is 16.7. The van der Waals surface area contributed by atoms with Crippen LogP contribution in [0.25, 0.3) is 0 Å². The third-order valence-electron chi connectivity index (χ3n) is 6.32. The Bertz CT molecular complexity index is 868. The van der Waals surface area contributed by atoms with Crippen LogP contribution in [-0.2, 0) is 10.0 Å². The number of hydrogen-bond donors (Lipinski definition) is 0. The molecule has 3 saturated heterocycles. The van der Waals surface area contributed by atoms with Crippen molar-refractivity contribution < 1.29 is 17.6 Å². The van der Waals surface area contributed by atoms with Gasteiger partial charge in [0, 0.05) is 37.5 Å². The van der Waals surface area contributed by atoms with Crippen molar-refractivity contribution >= 4 is 27.7 Å². The summed E-state index contributed by atoms with van der Waals surface area (Å²) in [6.45, 7) is 4.14. The number of halogens is 1. The largest absolute Gasteiger partial charge is 0.339 e. The molecule has 4 rings (SSSR count). The van der Waals surface area contributed by atoms with Gasteiger partial charge in [0.05, 0.1) is 10.5 Å². The van der Waals surface area contributed by atoms with Crippen LogP contribution in [0.1, 0.15) is 36.0 Å². The molecule has 0 aromatic heterocycles. The molecule has 1 aromatic rings. The minimum atomic E-state index is -3.80. The molecule has 3 fully saturated rings. The summed E-state index contributed by atoms with van der Waals surface area (Å²) in [5.41, 5.74) is -0.0517. The normalized spacial score (nSPS) is 26.5. The Labute approximate surface area is 176 Å². The lowest BCUT2D eigenvalue weighted by molar-refractivity contribution is 0.0788. The molecule has 6 nitrogen and oxygen atoms in total. The zero-order valence-corrected chi connectivity index (χ0v) is 18.4. The van der Waals surface area contributed by atoms with Crippen molar-refractivity contribution in [1.29, 1.82) is 0 Å². The van der Waals surface area contributed by atoms with Crippen molar-refractivity contribution in [3.63, 3.8) is 0 Å². The molecule has 0 saturated carbocycles. The third-order valence-corrected chi connectivity index (χ3v) is 9.21. The first-order chi connectivity index (χ1) is 13.9. The minimum Gasteiger partial charge on any atom is -0.339 e. The molecule has 0 spiro atoms. The number of nitrogens with zero attached hydrogens (tertiary/aromatic N) is 3. The van der Waals surface area contributed by atoms with Gasteiger partial charge in [0.1, 0.15) is 5.82 Å². The van der Waals surface area contributed by atoms with Gasteiger partial charge in [-0.3, -0.25) is 9.69 Å². The number of likely N-dealkylation sites (tertiary alicyclic amines) is 2. The number of sulfonamides is 1. The Hall–Kier alpha value is -1.16. The van der Waals surface area contributed by atoms with E-state index < -0.39 is 15.8 Å². The van der Waals surface area contributed by atoms with Gasteiger partial charge in [-0.1, -0.05) is 0 Å². The number of hydrogen-bond acceptors (Lipinski definition) is 5. The Morgan fingerprint density at radius 2 is 1.72 bits per heavy atom. The first-order valence-electron chi connectivity index (χ1n) is 10.3. The fourth-order valence-electron chi connectivity index (χ4n) is 4.64. The van der Waals surface area contributed by atoms with E-state index in [0.717, 1.165) is 44.8 Å². The van der Waals surface area contributed by atoms with Gasteiger partial charge >= 0.3 is 0 Å². The van der Waals surface area contributed by atoms with E-state index in [9.17, 15) is 17.6 Å². The van der Waals surface area contributed by atoms with E-state index in [1.165, 1.54) is 16.4 Å². The van der Waals surface area contributed by atoms with Crippen LogP contribution in [0.3, 0.4) is 0 Å². The van der Waals surface area contributed by atoms with E-state index in [2.05, 4.69) is 4.90 Å². The van der Waals surface area contributed by atoms with Crippen LogP contribution < -0.4 is 0 Å². The van der Waals surface area contributed by atoms with Crippen LogP contribution >= 0.6 is 11.8 Å². The van der Waals surface area contributed by atoms with E-state index in [1.54, 1.807) is 16.7 Å². The van der Waals surface area contributed by atoms with Gasteiger partial charge in [-0.05, 0) is 63.2 Å². The van der Waals surface area contributed by atoms with Gasteiger partial charge in [0.2, 0.25) is 10.0 Å². The Balaban J connectivity index is 1.54. The molecule has 9 heteroatoms.